The fourth-order valence-corrected chi connectivity index (χ4v) is 1.62. The maximum atomic E-state index is 9.83. The molecule has 0 bridgehead atoms. The van der Waals surface area contributed by atoms with Gasteiger partial charge in [0.25, 0.3) is 0 Å². The smallest absolute Gasteiger partial charge is 0.136 e. The number of rotatable bonds is 2. The molecule has 0 fully saturated rings. The van der Waals surface area contributed by atoms with Crippen LogP contribution in [0.25, 0.3) is 11.0 Å². The Hall–Kier alpha value is -1.32. The lowest BCUT2D eigenvalue weighted by molar-refractivity contribution is 0.0559. The number of fused-ring (bicyclic) bond motifs is 1. The number of furan rings is 1. The van der Waals surface area contributed by atoms with Crippen LogP contribution in [-0.2, 0) is 5.60 Å². The van der Waals surface area contributed by atoms with E-state index in [2.05, 4.69) is 0 Å². The molecule has 2 rings (SSSR count). The van der Waals surface area contributed by atoms with E-state index in [0.29, 0.717) is 5.76 Å². The van der Waals surface area contributed by atoms with Crippen molar-refractivity contribution in [2.24, 2.45) is 0 Å². The molecule has 0 aliphatic heterocycles. The summed E-state index contributed by atoms with van der Waals surface area (Å²) in [4.78, 5) is 0. The van der Waals surface area contributed by atoms with Gasteiger partial charge in [-0.05, 0) is 44.5 Å². The van der Waals surface area contributed by atoms with E-state index in [1.54, 1.807) is 26.8 Å². The number of hydrogen-bond acceptors (Lipinski definition) is 3. The van der Waals surface area contributed by atoms with Crippen LogP contribution in [0.5, 0.6) is 0 Å². The van der Waals surface area contributed by atoms with Crippen molar-refractivity contribution in [2.75, 3.05) is 0 Å². The van der Waals surface area contributed by atoms with E-state index in [4.69, 9.17) is 4.42 Å². The van der Waals surface area contributed by atoms with Crippen molar-refractivity contribution >= 4 is 11.0 Å². The second-order valence-electron chi connectivity index (χ2n) is 4.64. The van der Waals surface area contributed by atoms with E-state index in [1.807, 2.05) is 18.2 Å². The van der Waals surface area contributed by atoms with Crippen molar-refractivity contribution in [3.05, 3.63) is 35.6 Å². The molecule has 1 unspecified atom stereocenters. The van der Waals surface area contributed by atoms with Gasteiger partial charge in [-0.15, -0.1) is 0 Å². The Bertz CT molecular complexity index is 503. The SMILES string of the molecule is CC(O)c1ccc2oc(C(C)(C)O)cc2c1. The van der Waals surface area contributed by atoms with Gasteiger partial charge in [-0.1, -0.05) is 6.07 Å². The van der Waals surface area contributed by atoms with Crippen LogP contribution in [0.2, 0.25) is 0 Å². The Morgan fingerprint density at radius 2 is 1.94 bits per heavy atom. The Balaban J connectivity index is 2.54. The molecule has 16 heavy (non-hydrogen) atoms. The summed E-state index contributed by atoms with van der Waals surface area (Å²) in [6.45, 7) is 5.08. The van der Waals surface area contributed by atoms with Gasteiger partial charge in [0.15, 0.2) is 0 Å². The van der Waals surface area contributed by atoms with Gasteiger partial charge in [0.1, 0.15) is 16.9 Å². The third-order valence-corrected chi connectivity index (χ3v) is 2.63. The van der Waals surface area contributed by atoms with Gasteiger partial charge in [0, 0.05) is 5.39 Å². The molecule has 3 nitrogen and oxygen atoms in total. The Labute approximate surface area is 94.3 Å². The summed E-state index contributed by atoms with van der Waals surface area (Å²) in [6.07, 6.45) is -0.495. The highest BCUT2D eigenvalue weighted by Gasteiger charge is 2.21. The molecule has 0 saturated heterocycles. The summed E-state index contributed by atoms with van der Waals surface area (Å²) in [5.41, 5.74) is 0.585. The zero-order chi connectivity index (χ0) is 11.9. The highest BCUT2D eigenvalue weighted by Crippen LogP contribution is 2.29. The summed E-state index contributed by atoms with van der Waals surface area (Å²) in [7, 11) is 0. The minimum atomic E-state index is -0.982. The molecule has 2 N–H and O–H groups in total. The fourth-order valence-electron chi connectivity index (χ4n) is 1.62. The summed E-state index contributed by atoms with van der Waals surface area (Å²) < 4.78 is 5.54. The van der Waals surface area contributed by atoms with Crippen molar-refractivity contribution in [1.29, 1.82) is 0 Å². The molecule has 2 aromatic rings. The maximum Gasteiger partial charge on any atom is 0.136 e. The molecule has 86 valence electrons. The van der Waals surface area contributed by atoms with Gasteiger partial charge >= 0.3 is 0 Å². The molecular formula is C13H16O3. The first-order valence-electron chi connectivity index (χ1n) is 5.32. The monoisotopic (exact) mass is 220 g/mol. The zero-order valence-electron chi connectivity index (χ0n) is 9.69. The van der Waals surface area contributed by atoms with Crippen molar-refractivity contribution in [1.82, 2.24) is 0 Å². The minimum Gasteiger partial charge on any atom is -0.458 e. The van der Waals surface area contributed by atoms with E-state index in [0.717, 1.165) is 16.5 Å². The first kappa shape index (κ1) is 11.2. The first-order valence-corrected chi connectivity index (χ1v) is 5.32. The van der Waals surface area contributed by atoms with Crippen LogP contribution in [0.15, 0.2) is 28.7 Å². The summed E-state index contributed by atoms with van der Waals surface area (Å²) >= 11 is 0. The van der Waals surface area contributed by atoms with Crippen molar-refractivity contribution in [3.8, 4) is 0 Å². The molecule has 1 aromatic carbocycles. The van der Waals surface area contributed by atoms with Gasteiger partial charge in [0.2, 0.25) is 0 Å². The van der Waals surface area contributed by atoms with E-state index < -0.39 is 11.7 Å². The summed E-state index contributed by atoms with van der Waals surface area (Å²) in [5.74, 6) is 0.533. The van der Waals surface area contributed by atoms with E-state index >= 15 is 0 Å². The maximum absolute atomic E-state index is 9.83. The zero-order valence-corrected chi connectivity index (χ0v) is 9.69. The van der Waals surface area contributed by atoms with Crippen molar-refractivity contribution in [2.45, 2.75) is 32.5 Å². The van der Waals surface area contributed by atoms with Crippen LogP contribution < -0.4 is 0 Å². The molecule has 3 heteroatoms. The lowest BCUT2D eigenvalue weighted by atomic mass is 10.1. The van der Waals surface area contributed by atoms with E-state index in [1.165, 1.54) is 0 Å². The van der Waals surface area contributed by atoms with E-state index in [-0.39, 0.29) is 0 Å². The lowest BCUT2D eigenvalue weighted by Crippen LogP contribution is -2.13. The average molecular weight is 220 g/mol. The predicted molar refractivity (Wildman–Crippen MR) is 62.1 cm³/mol. The van der Waals surface area contributed by atoms with Gasteiger partial charge in [0.05, 0.1) is 6.10 Å². The van der Waals surface area contributed by atoms with Gasteiger partial charge < -0.3 is 14.6 Å². The van der Waals surface area contributed by atoms with Crippen molar-refractivity contribution < 1.29 is 14.6 Å². The Morgan fingerprint density at radius 3 is 2.50 bits per heavy atom. The quantitative estimate of drug-likeness (QED) is 0.818. The van der Waals surface area contributed by atoms with Gasteiger partial charge in [-0.25, -0.2) is 0 Å². The van der Waals surface area contributed by atoms with Gasteiger partial charge in [-0.2, -0.15) is 0 Å². The topological polar surface area (TPSA) is 53.6 Å². The molecule has 1 heterocycles. The third kappa shape index (κ3) is 1.96. The number of aliphatic hydroxyl groups excluding tert-OH is 1. The predicted octanol–water partition coefficient (Wildman–Crippen LogP) is 2.71. The van der Waals surface area contributed by atoms with Crippen LogP contribution in [0.1, 0.15) is 38.2 Å². The second-order valence-corrected chi connectivity index (χ2v) is 4.64. The molecular weight excluding hydrogens is 204 g/mol. The normalized spacial score (nSPS) is 14.3. The Kier molecular flexibility index (Phi) is 2.52. The largest absolute Gasteiger partial charge is 0.458 e. The fraction of sp³-hybridized carbons (Fsp3) is 0.385. The van der Waals surface area contributed by atoms with Crippen molar-refractivity contribution in [3.63, 3.8) is 0 Å². The summed E-state index contributed by atoms with van der Waals surface area (Å²) in [6, 6.07) is 7.32. The average Bonchev–Trinajstić information content (AvgIpc) is 2.58. The van der Waals surface area contributed by atoms with Gasteiger partial charge in [-0.3, -0.25) is 0 Å². The Morgan fingerprint density at radius 1 is 1.25 bits per heavy atom. The van der Waals surface area contributed by atoms with Crippen LogP contribution in [0.3, 0.4) is 0 Å². The molecule has 0 saturated carbocycles. The standard InChI is InChI=1S/C13H16O3/c1-8(14)9-4-5-11-10(6-9)7-12(16-11)13(2,3)15/h4-8,14-15H,1-3H3. The van der Waals surface area contributed by atoms with Crippen LogP contribution >= 0.6 is 0 Å². The molecule has 1 aromatic heterocycles. The highest BCUT2D eigenvalue weighted by atomic mass is 16.4. The molecule has 0 amide bonds. The summed E-state index contributed by atoms with van der Waals surface area (Å²) in [5, 5.41) is 20.2. The second kappa shape index (κ2) is 3.61. The molecule has 0 radical (unpaired) electrons. The van der Waals surface area contributed by atoms with Crippen LogP contribution in [-0.4, -0.2) is 10.2 Å². The van der Waals surface area contributed by atoms with Crippen LogP contribution in [0.4, 0.5) is 0 Å². The molecule has 0 spiro atoms. The number of benzene rings is 1. The minimum absolute atomic E-state index is 0.495. The first-order chi connectivity index (χ1) is 7.38. The van der Waals surface area contributed by atoms with Crippen LogP contribution in [0, 0.1) is 0 Å². The lowest BCUT2D eigenvalue weighted by Gasteiger charge is -2.12. The number of hydrogen-bond donors (Lipinski definition) is 2. The molecule has 1 atom stereocenters. The highest BCUT2D eigenvalue weighted by molar-refractivity contribution is 5.79. The molecule has 0 aliphatic rings. The third-order valence-electron chi connectivity index (χ3n) is 2.63. The molecule has 0 aliphatic carbocycles. The van der Waals surface area contributed by atoms with E-state index in [9.17, 15) is 10.2 Å². The number of aliphatic hydroxyl groups is 2.